The third-order valence-corrected chi connectivity index (χ3v) is 2.75. The molecule has 6 heteroatoms. The molecule has 2 heterocycles. The van der Waals surface area contributed by atoms with Crippen molar-refractivity contribution in [2.45, 2.75) is 26.9 Å². The van der Waals surface area contributed by atoms with Crippen molar-refractivity contribution in [1.82, 2.24) is 25.0 Å². The second kappa shape index (κ2) is 5.27. The molecule has 2 rings (SSSR count). The molecule has 1 aliphatic rings. The molecule has 0 aromatic carbocycles. The molecule has 0 saturated carbocycles. The van der Waals surface area contributed by atoms with Crippen molar-refractivity contribution in [3.63, 3.8) is 0 Å². The van der Waals surface area contributed by atoms with Crippen molar-refractivity contribution in [3.8, 4) is 0 Å². The maximum Gasteiger partial charge on any atom is 0.236 e. The molecule has 6 nitrogen and oxygen atoms in total. The number of carbonyl (C=O) groups is 1. The lowest BCUT2D eigenvalue weighted by molar-refractivity contribution is -0.132. The van der Waals surface area contributed by atoms with Gasteiger partial charge in [-0.25, -0.2) is 9.67 Å². The number of piperazine rings is 1. The number of hydrogen-bond donors (Lipinski definition) is 1. The molecule has 0 spiro atoms. The summed E-state index contributed by atoms with van der Waals surface area (Å²) in [6, 6.07) is 0. The average Bonchev–Trinajstić information content (AvgIpc) is 2.68. The zero-order chi connectivity index (χ0) is 12.3. The van der Waals surface area contributed by atoms with Gasteiger partial charge in [-0.05, 0) is 5.92 Å². The van der Waals surface area contributed by atoms with E-state index in [1.165, 1.54) is 0 Å². The maximum atomic E-state index is 11.7. The van der Waals surface area contributed by atoms with Crippen molar-refractivity contribution in [1.29, 1.82) is 0 Å². The van der Waals surface area contributed by atoms with E-state index >= 15 is 0 Å². The van der Waals surface area contributed by atoms with E-state index in [0.29, 0.717) is 19.0 Å². The van der Waals surface area contributed by atoms with Gasteiger partial charge in [0.15, 0.2) is 0 Å². The summed E-state index contributed by atoms with van der Waals surface area (Å²) >= 11 is 0. The fourth-order valence-electron chi connectivity index (χ4n) is 1.89. The first-order valence-corrected chi connectivity index (χ1v) is 6.02. The molecule has 1 aromatic heterocycles. The van der Waals surface area contributed by atoms with Gasteiger partial charge in [-0.15, -0.1) is 0 Å². The van der Waals surface area contributed by atoms with E-state index < -0.39 is 0 Å². The number of hydrogen-bond acceptors (Lipinski definition) is 4. The first-order chi connectivity index (χ1) is 8.16. The highest BCUT2D eigenvalue weighted by molar-refractivity contribution is 5.78. The van der Waals surface area contributed by atoms with Gasteiger partial charge in [-0.3, -0.25) is 4.79 Å². The summed E-state index contributed by atoms with van der Waals surface area (Å²) in [4.78, 5) is 17.7. The van der Waals surface area contributed by atoms with Crippen LogP contribution in [0.3, 0.4) is 0 Å². The lowest BCUT2D eigenvalue weighted by Crippen LogP contribution is -2.47. The van der Waals surface area contributed by atoms with Gasteiger partial charge in [0.2, 0.25) is 5.91 Å². The molecule has 0 bridgehead atoms. The average molecular weight is 237 g/mol. The molecular weight excluding hydrogens is 218 g/mol. The Morgan fingerprint density at radius 1 is 1.53 bits per heavy atom. The molecule has 1 fully saturated rings. The van der Waals surface area contributed by atoms with Crippen molar-refractivity contribution < 1.29 is 4.79 Å². The van der Waals surface area contributed by atoms with Crippen LogP contribution in [0.25, 0.3) is 0 Å². The second-order valence-electron chi connectivity index (χ2n) is 4.74. The fraction of sp³-hybridized carbons (Fsp3) is 0.727. The third-order valence-electron chi connectivity index (χ3n) is 2.75. The van der Waals surface area contributed by atoms with Gasteiger partial charge < -0.3 is 10.2 Å². The predicted octanol–water partition coefficient (Wildman–Crippen LogP) is -0.134. The number of rotatable bonds is 4. The van der Waals surface area contributed by atoms with E-state index in [2.05, 4.69) is 29.2 Å². The van der Waals surface area contributed by atoms with Crippen LogP contribution in [0.4, 0.5) is 0 Å². The van der Waals surface area contributed by atoms with Gasteiger partial charge in [-0.1, -0.05) is 13.8 Å². The van der Waals surface area contributed by atoms with Gasteiger partial charge in [-0.2, -0.15) is 5.10 Å². The minimum atomic E-state index is 0.135. The van der Waals surface area contributed by atoms with E-state index in [4.69, 9.17) is 0 Å². The topological polar surface area (TPSA) is 63.1 Å². The molecule has 1 aliphatic heterocycles. The molecule has 0 atom stereocenters. The van der Waals surface area contributed by atoms with Crippen LogP contribution in [-0.4, -0.2) is 45.2 Å². The second-order valence-corrected chi connectivity index (χ2v) is 4.74. The van der Waals surface area contributed by atoms with Gasteiger partial charge >= 0.3 is 0 Å². The minimum absolute atomic E-state index is 0.135. The minimum Gasteiger partial charge on any atom is -0.333 e. The Labute approximate surface area is 101 Å². The molecule has 94 valence electrons. The number of nitrogens with one attached hydrogen (secondary N) is 1. The molecule has 1 amide bonds. The molecule has 0 unspecified atom stereocenters. The Bertz CT molecular complexity index is 387. The molecule has 17 heavy (non-hydrogen) atoms. The van der Waals surface area contributed by atoms with E-state index in [1.807, 2.05) is 9.58 Å². The van der Waals surface area contributed by atoms with E-state index in [0.717, 1.165) is 25.5 Å². The predicted molar refractivity (Wildman–Crippen MR) is 63.1 cm³/mol. The van der Waals surface area contributed by atoms with E-state index in [-0.39, 0.29) is 5.91 Å². The molecule has 1 saturated heterocycles. The largest absolute Gasteiger partial charge is 0.333 e. The van der Waals surface area contributed by atoms with Gasteiger partial charge in [0.1, 0.15) is 12.2 Å². The SMILES string of the molecule is CC(C)Cn1ncnc1CN1CCNCC1=O. The van der Waals surface area contributed by atoms with Crippen LogP contribution in [0.15, 0.2) is 6.33 Å². The third kappa shape index (κ3) is 3.03. The number of aromatic nitrogens is 3. The zero-order valence-electron chi connectivity index (χ0n) is 10.4. The quantitative estimate of drug-likeness (QED) is 0.792. The molecule has 1 N–H and O–H groups in total. The zero-order valence-corrected chi connectivity index (χ0v) is 10.4. The van der Waals surface area contributed by atoms with Gasteiger partial charge in [0.05, 0.1) is 13.1 Å². The highest BCUT2D eigenvalue weighted by atomic mass is 16.2. The Hall–Kier alpha value is -1.43. The smallest absolute Gasteiger partial charge is 0.236 e. The highest BCUT2D eigenvalue weighted by Gasteiger charge is 2.19. The summed E-state index contributed by atoms with van der Waals surface area (Å²) in [5.74, 6) is 1.53. The summed E-state index contributed by atoms with van der Waals surface area (Å²) < 4.78 is 1.89. The lowest BCUT2D eigenvalue weighted by atomic mass is 10.2. The van der Waals surface area contributed by atoms with Crippen molar-refractivity contribution in [3.05, 3.63) is 12.2 Å². The van der Waals surface area contributed by atoms with Crippen LogP contribution in [0.2, 0.25) is 0 Å². The molecule has 1 aromatic rings. The van der Waals surface area contributed by atoms with Crippen LogP contribution in [0, 0.1) is 5.92 Å². The van der Waals surface area contributed by atoms with E-state index in [1.54, 1.807) is 6.33 Å². The summed E-state index contributed by atoms with van der Waals surface area (Å²) in [6.07, 6.45) is 1.56. The molecule has 0 aliphatic carbocycles. The molecule has 0 radical (unpaired) electrons. The Balaban J connectivity index is 2.02. The summed E-state index contributed by atoms with van der Waals surface area (Å²) in [5.41, 5.74) is 0. The van der Waals surface area contributed by atoms with Crippen LogP contribution in [0.1, 0.15) is 19.7 Å². The van der Waals surface area contributed by atoms with Crippen LogP contribution < -0.4 is 5.32 Å². The maximum absolute atomic E-state index is 11.7. The first-order valence-electron chi connectivity index (χ1n) is 6.02. The Morgan fingerprint density at radius 2 is 2.35 bits per heavy atom. The number of carbonyl (C=O) groups excluding carboxylic acids is 1. The van der Waals surface area contributed by atoms with Crippen molar-refractivity contribution in [2.24, 2.45) is 5.92 Å². The van der Waals surface area contributed by atoms with Crippen LogP contribution in [-0.2, 0) is 17.9 Å². The lowest BCUT2D eigenvalue weighted by Gasteiger charge is -2.27. The van der Waals surface area contributed by atoms with E-state index in [9.17, 15) is 4.79 Å². The fourth-order valence-corrected chi connectivity index (χ4v) is 1.89. The monoisotopic (exact) mass is 237 g/mol. The summed E-state index contributed by atoms with van der Waals surface area (Å²) in [7, 11) is 0. The normalized spacial score (nSPS) is 16.9. The first kappa shape index (κ1) is 12.0. The Kier molecular flexibility index (Phi) is 3.73. The van der Waals surface area contributed by atoms with Gasteiger partial charge in [0, 0.05) is 19.6 Å². The van der Waals surface area contributed by atoms with Crippen LogP contribution >= 0.6 is 0 Å². The Morgan fingerprint density at radius 3 is 3.06 bits per heavy atom. The summed E-state index contributed by atoms with van der Waals surface area (Å²) in [5, 5.41) is 7.26. The number of amides is 1. The number of nitrogens with zero attached hydrogens (tertiary/aromatic N) is 4. The highest BCUT2D eigenvalue weighted by Crippen LogP contribution is 2.06. The van der Waals surface area contributed by atoms with Crippen molar-refractivity contribution in [2.75, 3.05) is 19.6 Å². The summed E-state index contributed by atoms with van der Waals surface area (Å²) in [6.45, 7) is 7.71. The van der Waals surface area contributed by atoms with Crippen LogP contribution in [0.5, 0.6) is 0 Å². The van der Waals surface area contributed by atoms with Gasteiger partial charge in [0.25, 0.3) is 0 Å². The molecular formula is C11H19N5O. The van der Waals surface area contributed by atoms with Crippen molar-refractivity contribution >= 4 is 5.91 Å². The standard InChI is InChI=1S/C11H19N5O/c1-9(2)6-16-10(13-8-14-16)7-15-4-3-12-5-11(15)17/h8-9,12H,3-7H2,1-2H3.